The molecule has 3 nitrogen and oxygen atoms in total. The van der Waals surface area contributed by atoms with E-state index in [1.165, 1.54) is 12.1 Å². The topological polar surface area (TPSA) is 55.1 Å². The molecule has 7 heteroatoms. The Morgan fingerprint density at radius 2 is 1.75 bits per heavy atom. The van der Waals surface area contributed by atoms with Crippen molar-refractivity contribution in [1.29, 1.82) is 0 Å². The molecule has 0 aromatic heterocycles. The number of rotatable bonds is 2. The molecule has 20 heavy (non-hydrogen) atoms. The van der Waals surface area contributed by atoms with Gasteiger partial charge in [-0.15, -0.1) is 0 Å². The molecule has 0 fully saturated rings. The van der Waals surface area contributed by atoms with E-state index < -0.39 is 33.9 Å². The molecule has 0 unspecified atom stereocenters. The van der Waals surface area contributed by atoms with Crippen LogP contribution >= 0.6 is 11.6 Å². The van der Waals surface area contributed by atoms with Gasteiger partial charge >= 0.3 is 0 Å². The lowest BCUT2D eigenvalue weighted by Crippen LogP contribution is -2.14. The Morgan fingerprint density at radius 1 is 1.05 bits per heavy atom. The Balaban J connectivity index is 2.28. The van der Waals surface area contributed by atoms with Crippen LogP contribution in [0.3, 0.4) is 0 Å². The molecule has 0 spiro atoms. The van der Waals surface area contributed by atoms with Gasteiger partial charge in [0.25, 0.3) is 5.91 Å². The maximum absolute atomic E-state index is 13.5. The van der Waals surface area contributed by atoms with Crippen LogP contribution in [0.15, 0.2) is 30.3 Å². The summed E-state index contributed by atoms with van der Waals surface area (Å²) in [6.07, 6.45) is 0. The SMILES string of the molecule is Nc1ccc(NC(=O)c2cc(F)c(Cl)cc2F)cc1F. The van der Waals surface area contributed by atoms with Crippen LogP contribution in [0.25, 0.3) is 0 Å². The van der Waals surface area contributed by atoms with Gasteiger partial charge < -0.3 is 11.1 Å². The van der Waals surface area contributed by atoms with Crippen molar-refractivity contribution < 1.29 is 18.0 Å². The number of nitrogens with two attached hydrogens (primary N) is 1. The first-order valence-electron chi connectivity index (χ1n) is 5.39. The largest absolute Gasteiger partial charge is 0.396 e. The number of carbonyl (C=O) groups excluding carboxylic acids is 1. The predicted molar refractivity (Wildman–Crippen MR) is 70.1 cm³/mol. The smallest absolute Gasteiger partial charge is 0.258 e. The maximum Gasteiger partial charge on any atom is 0.258 e. The Kier molecular flexibility index (Phi) is 3.85. The van der Waals surface area contributed by atoms with E-state index in [4.69, 9.17) is 17.3 Å². The Labute approximate surface area is 117 Å². The fourth-order valence-electron chi connectivity index (χ4n) is 1.50. The number of hydrogen-bond acceptors (Lipinski definition) is 2. The molecule has 2 rings (SSSR count). The van der Waals surface area contributed by atoms with E-state index in [2.05, 4.69) is 5.32 Å². The number of anilines is 2. The highest BCUT2D eigenvalue weighted by molar-refractivity contribution is 6.30. The fraction of sp³-hybridized carbons (Fsp3) is 0. The van der Waals surface area contributed by atoms with Gasteiger partial charge in [-0.3, -0.25) is 4.79 Å². The molecule has 0 aliphatic rings. The van der Waals surface area contributed by atoms with Crippen LogP contribution in [-0.4, -0.2) is 5.91 Å². The standard InChI is InChI=1S/C13H8ClF3N2O/c14-8-5-9(15)7(4-10(8)16)13(20)19-6-1-2-12(18)11(17)3-6/h1-5H,18H2,(H,19,20). The second kappa shape index (κ2) is 5.42. The molecule has 0 heterocycles. The van der Waals surface area contributed by atoms with Gasteiger partial charge in [0.15, 0.2) is 0 Å². The zero-order valence-electron chi connectivity index (χ0n) is 9.88. The van der Waals surface area contributed by atoms with Crippen molar-refractivity contribution in [3.63, 3.8) is 0 Å². The van der Waals surface area contributed by atoms with E-state index in [-0.39, 0.29) is 11.4 Å². The minimum atomic E-state index is -0.982. The van der Waals surface area contributed by atoms with Crippen molar-refractivity contribution in [2.75, 3.05) is 11.1 Å². The fourth-order valence-corrected chi connectivity index (χ4v) is 1.65. The molecule has 2 aromatic carbocycles. The van der Waals surface area contributed by atoms with Crippen molar-refractivity contribution in [2.45, 2.75) is 0 Å². The maximum atomic E-state index is 13.5. The number of amides is 1. The summed E-state index contributed by atoms with van der Waals surface area (Å²) >= 11 is 5.38. The molecule has 2 aromatic rings. The van der Waals surface area contributed by atoms with Crippen LogP contribution in [0, 0.1) is 17.5 Å². The summed E-state index contributed by atoms with van der Waals surface area (Å²) in [5.41, 5.74) is 4.72. The molecule has 0 bridgehead atoms. The summed E-state index contributed by atoms with van der Waals surface area (Å²) in [5, 5.41) is 1.80. The first-order valence-corrected chi connectivity index (χ1v) is 5.77. The molecule has 104 valence electrons. The zero-order chi connectivity index (χ0) is 14.9. The van der Waals surface area contributed by atoms with Gasteiger partial charge in [0.1, 0.15) is 17.5 Å². The van der Waals surface area contributed by atoms with Crippen LogP contribution in [0.2, 0.25) is 5.02 Å². The van der Waals surface area contributed by atoms with E-state index in [1.54, 1.807) is 0 Å². The van der Waals surface area contributed by atoms with Gasteiger partial charge in [-0.25, -0.2) is 13.2 Å². The first-order chi connectivity index (χ1) is 9.38. The molecular weight excluding hydrogens is 293 g/mol. The third-order valence-corrected chi connectivity index (χ3v) is 2.80. The van der Waals surface area contributed by atoms with Gasteiger partial charge in [-0.2, -0.15) is 0 Å². The highest BCUT2D eigenvalue weighted by Gasteiger charge is 2.16. The summed E-state index contributed by atoms with van der Waals surface area (Å²) in [6, 6.07) is 4.90. The molecule has 0 radical (unpaired) electrons. The lowest BCUT2D eigenvalue weighted by molar-refractivity contribution is 0.102. The quantitative estimate of drug-likeness (QED) is 0.658. The number of nitrogens with one attached hydrogen (secondary N) is 1. The zero-order valence-corrected chi connectivity index (χ0v) is 10.6. The van der Waals surface area contributed by atoms with Crippen LogP contribution in [0.1, 0.15) is 10.4 Å². The summed E-state index contributed by atoms with van der Waals surface area (Å²) in [5.74, 6) is -3.57. The second-order valence-corrected chi connectivity index (χ2v) is 4.34. The second-order valence-electron chi connectivity index (χ2n) is 3.94. The number of nitrogen functional groups attached to an aromatic ring is 1. The summed E-state index contributed by atoms with van der Waals surface area (Å²) in [7, 11) is 0. The number of halogens is 4. The normalized spacial score (nSPS) is 10.4. The van der Waals surface area contributed by atoms with E-state index in [1.807, 2.05) is 0 Å². The highest BCUT2D eigenvalue weighted by Crippen LogP contribution is 2.21. The minimum Gasteiger partial charge on any atom is -0.396 e. The van der Waals surface area contributed by atoms with Gasteiger partial charge in [0.05, 0.1) is 16.3 Å². The van der Waals surface area contributed by atoms with Crippen LogP contribution < -0.4 is 11.1 Å². The van der Waals surface area contributed by atoms with Crippen LogP contribution in [0.5, 0.6) is 0 Å². The molecule has 0 saturated carbocycles. The molecule has 0 aliphatic carbocycles. The van der Waals surface area contributed by atoms with Crippen molar-refractivity contribution in [2.24, 2.45) is 0 Å². The molecular formula is C13H8ClF3N2O. The third-order valence-electron chi connectivity index (χ3n) is 2.51. The summed E-state index contributed by atoms with van der Waals surface area (Å²) in [6.45, 7) is 0. The third kappa shape index (κ3) is 2.85. The van der Waals surface area contributed by atoms with Crippen LogP contribution in [0.4, 0.5) is 24.5 Å². The van der Waals surface area contributed by atoms with Crippen molar-refractivity contribution in [3.8, 4) is 0 Å². The molecule has 3 N–H and O–H groups in total. The average molecular weight is 301 g/mol. The molecule has 0 saturated heterocycles. The molecule has 0 aliphatic heterocycles. The van der Waals surface area contributed by atoms with Gasteiger partial charge in [-0.1, -0.05) is 11.6 Å². The van der Waals surface area contributed by atoms with E-state index in [0.717, 1.165) is 6.07 Å². The lowest BCUT2D eigenvalue weighted by atomic mass is 10.2. The minimum absolute atomic E-state index is 0.0662. The Hall–Kier alpha value is -2.21. The lowest BCUT2D eigenvalue weighted by Gasteiger charge is -2.08. The van der Waals surface area contributed by atoms with Gasteiger partial charge in [-0.05, 0) is 30.3 Å². The number of carbonyl (C=O) groups is 1. The van der Waals surface area contributed by atoms with E-state index >= 15 is 0 Å². The van der Waals surface area contributed by atoms with Crippen molar-refractivity contribution in [3.05, 3.63) is 58.4 Å². The summed E-state index contributed by atoms with van der Waals surface area (Å²) in [4.78, 5) is 11.8. The molecule has 0 atom stereocenters. The van der Waals surface area contributed by atoms with Gasteiger partial charge in [0.2, 0.25) is 0 Å². The van der Waals surface area contributed by atoms with Crippen molar-refractivity contribution in [1.82, 2.24) is 0 Å². The monoisotopic (exact) mass is 300 g/mol. The number of hydrogen-bond donors (Lipinski definition) is 2. The van der Waals surface area contributed by atoms with Crippen LogP contribution in [-0.2, 0) is 0 Å². The van der Waals surface area contributed by atoms with E-state index in [9.17, 15) is 18.0 Å². The first kappa shape index (κ1) is 14.2. The predicted octanol–water partition coefficient (Wildman–Crippen LogP) is 3.59. The number of benzene rings is 2. The average Bonchev–Trinajstić information content (AvgIpc) is 2.38. The van der Waals surface area contributed by atoms with E-state index in [0.29, 0.717) is 12.1 Å². The van der Waals surface area contributed by atoms with Gasteiger partial charge in [0, 0.05) is 5.69 Å². The van der Waals surface area contributed by atoms with Crippen molar-refractivity contribution >= 4 is 28.9 Å². The Morgan fingerprint density at radius 3 is 2.40 bits per heavy atom. The summed E-state index contributed by atoms with van der Waals surface area (Å²) < 4.78 is 39.9. The Bertz CT molecular complexity index is 692. The highest BCUT2D eigenvalue weighted by atomic mass is 35.5. The molecule has 1 amide bonds.